The molecule has 6 heteroatoms. The lowest BCUT2D eigenvalue weighted by Crippen LogP contribution is -2.37. The van der Waals surface area contributed by atoms with Gasteiger partial charge in [0.15, 0.2) is 0 Å². The van der Waals surface area contributed by atoms with Crippen LogP contribution in [0.15, 0.2) is 18.5 Å². The molecule has 104 valence electrons. The first-order valence-corrected chi connectivity index (χ1v) is 7.17. The number of thiophene rings is 1. The smallest absolute Gasteiger partial charge is 0.266 e. The molecule has 0 unspecified atom stereocenters. The molecule has 2 rings (SSSR count). The van der Waals surface area contributed by atoms with E-state index in [0.717, 1.165) is 10.1 Å². The first-order chi connectivity index (χ1) is 9.56. The van der Waals surface area contributed by atoms with Gasteiger partial charge in [-0.25, -0.2) is 0 Å². The highest BCUT2D eigenvalue weighted by molar-refractivity contribution is 7.21. The SMILES string of the molecule is CC(C)N(CCC#N)C(=O)c1sc2cnccc2c1N. The summed E-state index contributed by atoms with van der Waals surface area (Å²) in [5.74, 6) is -0.117. The van der Waals surface area contributed by atoms with Crippen LogP contribution in [0.5, 0.6) is 0 Å². The third-order valence-corrected chi connectivity index (χ3v) is 4.22. The number of aromatic nitrogens is 1. The highest BCUT2D eigenvalue weighted by atomic mass is 32.1. The maximum Gasteiger partial charge on any atom is 0.266 e. The second-order valence-corrected chi connectivity index (χ2v) is 5.77. The Hall–Kier alpha value is -2.13. The number of rotatable bonds is 4. The number of anilines is 1. The Morgan fingerprint density at radius 2 is 2.35 bits per heavy atom. The molecule has 0 fully saturated rings. The van der Waals surface area contributed by atoms with Gasteiger partial charge in [-0.15, -0.1) is 11.3 Å². The summed E-state index contributed by atoms with van der Waals surface area (Å²) in [6.45, 7) is 4.28. The molecule has 0 radical (unpaired) electrons. The lowest BCUT2D eigenvalue weighted by atomic mass is 10.2. The molecule has 0 aliphatic carbocycles. The van der Waals surface area contributed by atoms with Crippen LogP contribution in [-0.4, -0.2) is 28.4 Å². The van der Waals surface area contributed by atoms with Crippen LogP contribution >= 0.6 is 11.3 Å². The lowest BCUT2D eigenvalue weighted by Gasteiger charge is -2.25. The van der Waals surface area contributed by atoms with Gasteiger partial charge in [0.2, 0.25) is 0 Å². The fraction of sp³-hybridized carbons (Fsp3) is 0.357. The Bertz CT molecular complexity index is 671. The van der Waals surface area contributed by atoms with Gasteiger partial charge in [-0.2, -0.15) is 5.26 Å². The molecule has 2 aromatic rings. The van der Waals surface area contributed by atoms with Crippen LogP contribution in [-0.2, 0) is 0 Å². The molecule has 2 N–H and O–H groups in total. The third-order valence-electron chi connectivity index (χ3n) is 3.07. The predicted octanol–water partition coefficient (Wildman–Crippen LogP) is 2.64. The van der Waals surface area contributed by atoms with Crippen LogP contribution < -0.4 is 5.73 Å². The van der Waals surface area contributed by atoms with E-state index in [4.69, 9.17) is 11.0 Å². The number of nitrogen functional groups attached to an aromatic ring is 1. The molecule has 0 atom stereocenters. The van der Waals surface area contributed by atoms with E-state index in [0.29, 0.717) is 23.5 Å². The minimum atomic E-state index is -0.117. The number of hydrogen-bond donors (Lipinski definition) is 1. The van der Waals surface area contributed by atoms with Crippen molar-refractivity contribution in [1.29, 1.82) is 5.26 Å². The summed E-state index contributed by atoms with van der Waals surface area (Å²) in [7, 11) is 0. The minimum absolute atomic E-state index is 0.0265. The normalized spacial score (nSPS) is 10.7. The summed E-state index contributed by atoms with van der Waals surface area (Å²) in [5, 5.41) is 9.56. The molecular weight excluding hydrogens is 272 g/mol. The van der Waals surface area contributed by atoms with Crippen molar-refractivity contribution in [2.45, 2.75) is 26.3 Å². The van der Waals surface area contributed by atoms with E-state index in [-0.39, 0.29) is 11.9 Å². The molecule has 0 aliphatic rings. The van der Waals surface area contributed by atoms with Crippen LogP contribution in [0.1, 0.15) is 29.9 Å². The third kappa shape index (κ3) is 2.58. The van der Waals surface area contributed by atoms with Gasteiger partial charge >= 0.3 is 0 Å². The monoisotopic (exact) mass is 288 g/mol. The summed E-state index contributed by atoms with van der Waals surface area (Å²) < 4.78 is 0.900. The summed E-state index contributed by atoms with van der Waals surface area (Å²) >= 11 is 1.35. The number of pyridine rings is 1. The standard InChI is InChI=1S/C14H16N4OS/c1-9(2)18(7-3-5-15)14(19)13-12(16)10-4-6-17-8-11(10)20-13/h4,6,8-9H,3,7,16H2,1-2H3. The number of amides is 1. The Kier molecular flexibility index (Phi) is 4.20. The number of hydrogen-bond acceptors (Lipinski definition) is 5. The Balaban J connectivity index is 2.39. The first-order valence-electron chi connectivity index (χ1n) is 6.36. The van der Waals surface area contributed by atoms with E-state index in [1.54, 1.807) is 17.3 Å². The van der Waals surface area contributed by atoms with Crippen molar-refractivity contribution in [3.05, 3.63) is 23.3 Å². The van der Waals surface area contributed by atoms with Crippen LogP contribution in [0, 0.1) is 11.3 Å². The van der Waals surface area contributed by atoms with Gasteiger partial charge in [0.25, 0.3) is 5.91 Å². The molecule has 5 nitrogen and oxygen atoms in total. The van der Waals surface area contributed by atoms with Gasteiger partial charge in [-0.05, 0) is 19.9 Å². The quantitative estimate of drug-likeness (QED) is 0.937. The Morgan fingerprint density at radius 3 is 2.95 bits per heavy atom. The Morgan fingerprint density at radius 1 is 1.60 bits per heavy atom. The first kappa shape index (κ1) is 14.3. The fourth-order valence-corrected chi connectivity index (χ4v) is 3.07. The summed E-state index contributed by atoms with van der Waals surface area (Å²) in [4.78, 5) is 18.9. The highest BCUT2D eigenvalue weighted by Gasteiger charge is 2.23. The fourth-order valence-electron chi connectivity index (χ4n) is 2.03. The van der Waals surface area contributed by atoms with E-state index in [1.807, 2.05) is 19.9 Å². The minimum Gasteiger partial charge on any atom is -0.397 e. The van der Waals surface area contributed by atoms with Crippen molar-refractivity contribution in [2.75, 3.05) is 12.3 Å². The highest BCUT2D eigenvalue weighted by Crippen LogP contribution is 2.33. The molecule has 0 bridgehead atoms. The molecule has 0 saturated heterocycles. The van der Waals surface area contributed by atoms with Crippen molar-refractivity contribution in [2.24, 2.45) is 0 Å². The molecule has 0 aromatic carbocycles. The maximum atomic E-state index is 12.6. The van der Waals surface area contributed by atoms with E-state index in [1.165, 1.54) is 11.3 Å². The molecule has 2 aromatic heterocycles. The van der Waals surface area contributed by atoms with Gasteiger partial charge in [-0.1, -0.05) is 0 Å². The Labute approximate surface area is 121 Å². The topological polar surface area (TPSA) is 83.0 Å². The number of nitrogens with zero attached hydrogens (tertiary/aromatic N) is 3. The number of nitriles is 1. The number of fused-ring (bicyclic) bond motifs is 1. The molecule has 0 aliphatic heterocycles. The van der Waals surface area contributed by atoms with Crippen molar-refractivity contribution < 1.29 is 4.79 Å². The average Bonchev–Trinajstić information content (AvgIpc) is 2.76. The number of carbonyl (C=O) groups excluding carboxylic acids is 1. The summed E-state index contributed by atoms with van der Waals surface area (Å²) in [6, 6.07) is 3.91. The van der Waals surface area contributed by atoms with E-state index in [9.17, 15) is 4.79 Å². The number of nitrogens with two attached hydrogens (primary N) is 1. The number of carbonyl (C=O) groups is 1. The molecule has 1 amide bonds. The molecule has 0 saturated carbocycles. The van der Waals surface area contributed by atoms with Crippen molar-refractivity contribution >= 4 is 33.0 Å². The maximum absolute atomic E-state index is 12.6. The van der Waals surface area contributed by atoms with Crippen LogP contribution in [0.4, 0.5) is 5.69 Å². The summed E-state index contributed by atoms with van der Waals surface area (Å²) in [6.07, 6.45) is 3.69. The molecule has 20 heavy (non-hydrogen) atoms. The van der Waals surface area contributed by atoms with Crippen molar-refractivity contribution in [3.63, 3.8) is 0 Å². The second kappa shape index (κ2) is 5.88. The van der Waals surface area contributed by atoms with Gasteiger partial charge in [0.05, 0.1) is 22.9 Å². The van der Waals surface area contributed by atoms with Gasteiger partial charge < -0.3 is 10.6 Å². The van der Waals surface area contributed by atoms with E-state index >= 15 is 0 Å². The zero-order valence-electron chi connectivity index (χ0n) is 11.5. The van der Waals surface area contributed by atoms with Crippen LogP contribution in [0.3, 0.4) is 0 Å². The zero-order valence-corrected chi connectivity index (χ0v) is 12.3. The largest absolute Gasteiger partial charge is 0.397 e. The molecular formula is C14H16N4OS. The average molecular weight is 288 g/mol. The zero-order chi connectivity index (χ0) is 14.7. The van der Waals surface area contributed by atoms with E-state index in [2.05, 4.69) is 11.1 Å². The van der Waals surface area contributed by atoms with Gasteiger partial charge in [0.1, 0.15) is 4.88 Å². The predicted molar refractivity (Wildman–Crippen MR) is 80.4 cm³/mol. The second-order valence-electron chi connectivity index (χ2n) is 4.72. The van der Waals surface area contributed by atoms with Crippen LogP contribution in [0.25, 0.3) is 10.1 Å². The summed E-state index contributed by atoms with van der Waals surface area (Å²) in [5.41, 5.74) is 6.58. The van der Waals surface area contributed by atoms with Gasteiger partial charge in [-0.3, -0.25) is 9.78 Å². The van der Waals surface area contributed by atoms with Crippen LogP contribution in [0.2, 0.25) is 0 Å². The molecule has 2 heterocycles. The van der Waals surface area contributed by atoms with Gasteiger partial charge in [0, 0.05) is 30.4 Å². The van der Waals surface area contributed by atoms with Crippen molar-refractivity contribution in [1.82, 2.24) is 9.88 Å². The molecule has 0 spiro atoms. The lowest BCUT2D eigenvalue weighted by molar-refractivity contribution is 0.0716. The van der Waals surface area contributed by atoms with E-state index < -0.39 is 0 Å². The van der Waals surface area contributed by atoms with Crippen molar-refractivity contribution in [3.8, 4) is 6.07 Å².